The Bertz CT molecular complexity index is 835. The fourth-order valence-corrected chi connectivity index (χ4v) is 3.45. The van der Waals surface area contributed by atoms with E-state index in [0.29, 0.717) is 12.3 Å². The Morgan fingerprint density at radius 2 is 1.00 bits per heavy atom. The summed E-state index contributed by atoms with van der Waals surface area (Å²) in [4.78, 5) is 9.94. The van der Waals surface area contributed by atoms with Gasteiger partial charge < -0.3 is 47.8 Å². The first kappa shape index (κ1) is 65.6. The molecule has 7 N–H and O–H groups in total. The van der Waals surface area contributed by atoms with Crippen LogP contribution in [0.25, 0.3) is 11.5 Å². The van der Waals surface area contributed by atoms with E-state index in [1.807, 2.05) is 69.3 Å². The van der Waals surface area contributed by atoms with Crippen LogP contribution in [0, 0.1) is 100.0 Å². The van der Waals surface area contributed by atoms with E-state index in [-0.39, 0.29) is 162 Å². The Balaban J connectivity index is -0.0000000681. The molecule has 2 rings (SSSR count). The van der Waals surface area contributed by atoms with Crippen LogP contribution in [-0.4, -0.2) is 37.7 Å². The van der Waals surface area contributed by atoms with Crippen molar-refractivity contribution >= 4 is 5.97 Å². The van der Waals surface area contributed by atoms with E-state index in [4.69, 9.17) is 32.4 Å². The predicted molar refractivity (Wildman–Crippen MR) is 182 cm³/mol. The second kappa shape index (κ2) is 40.6. The number of ether oxygens (including phenoxy) is 2. The first-order valence-electron chi connectivity index (χ1n) is 14.1. The summed E-state index contributed by atoms with van der Waals surface area (Å²) in [7, 11) is 3.32. The first-order chi connectivity index (χ1) is 18.7. The molecular weight excluding hydrogens is 1020 g/mol. The van der Waals surface area contributed by atoms with Gasteiger partial charge in [-0.1, -0.05) is 106 Å². The number of carbonyl (C=O) groups is 1. The van der Waals surface area contributed by atoms with E-state index in [1.165, 1.54) is 11.1 Å². The molecule has 0 bridgehead atoms. The molecule has 0 saturated heterocycles. The zero-order valence-electron chi connectivity index (χ0n) is 28.8. The maximum atomic E-state index is 9.94. The molecule has 2 radical (unpaired) electrons. The second-order valence-electron chi connectivity index (χ2n) is 10.6. The summed E-state index contributed by atoms with van der Waals surface area (Å²) >= 11 is 0. The molecule has 9 nitrogen and oxygen atoms in total. The van der Waals surface area contributed by atoms with Crippen molar-refractivity contribution in [2.75, 3.05) is 14.2 Å². The number of benzene rings is 2. The Hall–Kier alpha value is 1.19. The van der Waals surface area contributed by atoms with Crippen molar-refractivity contribution in [3.05, 3.63) is 71.1 Å². The average molecular weight is 1090 g/mol. The van der Waals surface area contributed by atoms with Gasteiger partial charge in [-0.15, -0.1) is 6.04 Å². The van der Waals surface area contributed by atoms with Crippen LogP contribution in [-0.2, 0) is 4.79 Å². The molecule has 260 valence electrons. The molecule has 0 amide bonds. The number of carboxylic acid groups (broad SMARTS) is 1. The van der Waals surface area contributed by atoms with Gasteiger partial charge >= 0.3 is 29.6 Å². The Morgan fingerprint density at radius 1 is 0.717 bits per heavy atom. The molecule has 46 heavy (non-hydrogen) atoms. The van der Waals surface area contributed by atoms with Gasteiger partial charge in [-0.05, 0) is 60.1 Å². The number of carbonyl (C=O) groups excluding carboxylic acids is 1. The topological polar surface area (TPSA) is 188 Å². The van der Waals surface area contributed by atoms with Gasteiger partial charge in [-0.2, -0.15) is 0 Å². The van der Waals surface area contributed by atoms with Crippen molar-refractivity contribution in [3.63, 3.8) is 0 Å². The largest absolute Gasteiger partial charge is 1.00 e. The monoisotopic (exact) mass is 1090 g/mol. The van der Waals surface area contributed by atoms with Crippen LogP contribution in [0.5, 0.6) is 11.5 Å². The summed E-state index contributed by atoms with van der Waals surface area (Å²) < 4.78 is 10.1. The zero-order valence-corrected chi connectivity index (χ0v) is 40.3. The smallest absolute Gasteiger partial charge is 0.870 e. The van der Waals surface area contributed by atoms with Crippen molar-refractivity contribution in [1.82, 2.24) is 0 Å². The minimum Gasteiger partial charge on any atom is -0.870 e. The summed E-state index contributed by atoms with van der Waals surface area (Å²) in [5.74, 6) is 1.42. The van der Waals surface area contributed by atoms with Crippen LogP contribution in [0.2, 0.25) is 0 Å². The van der Waals surface area contributed by atoms with E-state index in [2.05, 4.69) is 27.7 Å². The summed E-state index contributed by atoms with van der Waals surface area (Å²) in [6.07, 6.45) is 3.33. The molecule has 0 aliphatic rings. The van der Waals surface area contributed by atoms with E-state index in [1.54, 1.807) is 14.2 Å². The van der Waals surface area contributed by atoms with Gasteiger partial charge in [0.15, 0.2) is 0 Å². The van der Waals surface area contributed by atoms with Gasteiger partial charge in [-0.3, -0.25) is 0 Å². The van der Waals surface area contributed by atoms with Crippen molar-refractivity contribution in [3.8, 4) is 11.5 Å². The van der Waals surface area contributed by atoms with Crippen molar-refractivity contribution < 1.29 is 143 Å². The molecule has 0 heterocycles. The van der Waals surface area contributed by atoms with Crippen LogP contribution in [0.15, 0.2) is 48.5 Å². The molecule has 2 aromatic carbocycles. The quantitative estimate of drug-likeness (QED) is 0.297. The van der Waals surface area contributed by atoms with Crippen LogP contribution in [0.1, 0.15) is 112 Å². The molecule has 4 atom stereocenters. The Labute approximate surface area is 376 Å². The number of carboxylic acids is 1. The van der Waals surface area contributed by atoms with Gasteiger partial charge in [0.05, 0.1) is 14.2 Å². The minimum absolute atomic E-state index is 0. The van der Waals surface area contributed by atoms with Crippen LogP contribution in [0.3, 0.4) is 0 Å². The fraction of sp³-hybridized carbons (Fsp3) is 0.618. The third-order valence-corrected chi connectivity index (χ3v) is 5.78. The van der Waals surface area contributed by atoms with E-state index in [9.17, 15) is 9.90 Å². The predicted octanol–water partition coefficient (Wildman–Crippen LogP) is 4.99. The third kappa shape index (κ3) is 36.5. The van der Waals surface area contributed by atoms with Gasteiger partial charge in [0.1, 0.15) is 11.5 Å². The fourth-order valence-electron chi connectivity index (χ4n) is 3.45. The van der Waals surface area contributed by atoms with Gasteiger partial charge in [0.25, 0.3) is 0 Å². The van der Waals surface area contributed by atoms with Crippen LogP contribution < -0.4 is 55.6 Å². The van der Waals surface area contributed by atoms with Gasteiger partial charge in [0, 0.05) is 106 Å². The second-order valence-corrected chi connectivity index (χ2v) is 10.6. The maximum absolute atomic E-state index is 9.94. The van der Waals surface area contributed by atoms with Crippen molar-refractivity contribution in [1.29, 1.82) is 0 Å². The molecule has 0 aliphatic heterocycles. The summed E-state index contributed by atoms with van der Waals surface area (Å²) in [5, 5.41) is 9.94. The molecule has 0 spiro atoms. The van der Waals surface area contributed by atoms with Gasteiger partial charge in [-0.25, -0.2) is 0 Å². The number of hydrogen-bond donors (Lipinski definition) is 2. The summed E-state index contributed by atoms with van der Waals surface area (Å²) in [6, 6.07) is 15.1. The molecular formula is C34H64Ac2N4NaO5-3. The third-order valence-electron chi connectivity index (χ3n) is 5.78. The number of hydrogen-bond acceptors (Lipinski definition) is 7. The first-order valence-corrected chi connectivity index (χ1v) is 14.1. The van der Waals surface area contributed by atoms with Crippen molar-refractivity contribution in [2.45, 2.75) is 113 Å². The molecule has 0 aliphatic carbocycles. The number of rotatable bonds is 11. The number of aliphatic carboxylic acids is 1. The van der Waals surface area contributed by atoms with Crippen LogP contribution in [0.4, 0.5) is 0 Å². The van der Waals surface area contributed by atoms with E-state index < -0.39 is 12.0 Å². The standard InChI is InChI=1S/2C10H15NO.C6H12NO2.C6H14N.2CH4.2Ac.Na.H2O/c2*1-3-10(11)8-4-6-9(12-2)7-5-8;1-4(2)3-5(7)6(8)9;1-5(2)4-6(3)7;;;;;;/h2*4-7,10H,3,11H2,1-2H3;4-5,7H,3H2,1-2H3,(H,8,9);5-7H,4H2,1-3H3;2*1H4;;;;1H2/q;;2*-1;;;;;+1;/p-2. The minimum atomic E-state index is -1.27. The molecule has 0 fully saturated rings. The molecule has 2 aromatic rings. The maximum Gasteiger partial charge on any atom is 1.00 e. The van der Waals surface area contributed by atoms with Crippen molar-refractivity contribution in [2.24, 2.45) is 23.3 Å². The average Bonchev–Trinajstić information content (AvgIpc) is 2.92. The molecule has 4 unspecified atom stereocenters. The van der Waals surface area contributed by atoms with E-state index in [0.717, 1.165) is 30.8 Å². The summed E-state index contributed by atoms with van der Waals surface area (Å²) in [5.41, 5.74) is 28.0. The molecule has 0 aromatic heterocycles. The van der Waals surface area contributed by atoms with Gasteiger partial charge in [0.2, 0.25) is 0 Å². The Morgan fingerprint density at radius 3 is 1.13 bits per heavy atom. The normalized spacial score (nSPS) is 11.5. The number of nitrogens with two attached hydrogens (primary N) is 2. The number of methoxy groups -OCH3 is 2. The molecule has 0 saturated carbocycles. The number of nitrogens with one attached hydrogen (secondary N) is 2. The van der Waals surface area contributed by atoms with E-state index >= 15 is 0 Å². The zero-order chi connectivity index (χ0) is 31.3. The SMILES string of the molecule is C.C.CC(C)CC(C)[NH-].CC(C)CC([NH-])C(=O)[O-].CCC(N)c1ccc(OC)cc1.CCC(N)c1ccc(OC)cc1.[Ac].[Ac].[Na+].[OH-]. The van der Waals surface area contributed by atoms with Crippen LogP contribution >= 0.6 is 0 Å². The summed E-state index contributed by atoms with van der Waals surface area (Å²) in [6.45, 7) is 14.1. The molecule has 12 heteroatoms. The Kier molecular flexibility index (Phi) is 57.9.